The molecule has 0 saturated heterocycles. The number of amides is 2. The Morgan fingerprint density at radius 2 is 1.85 bits per heavy atom. The summed E-state index contributed by atoms with van der Waals surface area (Å²) in [5.74, 6) is -0.291. The predicted octanol–water partition coefficient (Wildman–Crippen LogP) is 3.50. The van der Waals surface area contributed by atoms with Gasteiger partial charge in [-0.05, 0) is 37.6 Å². The molecule has 0 bridgehead atoms. The molecule has 2 amide bonds. The number of hydrogen-bond donors (Lipinski definition) is 1. The molecule has 0 radical (unpaired) electrons. The van der Waals surface area contributed by atoms with E-state index in [2.05, 4.69) is 5.32 Å². The minimum absolute atomic E-state index is 0.0344. The normalized spacial score (nSPS) is 11.7. The van der Waals surface area contributed by atoms with Crippen molar-refractivity contribution in [3.63, 3.8) is 0 Å². The summed E-state index contributed by atoms with van der Waals surface area (Å²) in [6, 6.07) is 12.0. The molecule has 0 aliphatic rings. The molecule has 3 rings (SSSR count). The first-order valence-electron chi connectivity index (χ1n) is 8.67. The number of furan rings is 1. The maximum absolute atomic E-state index is 12.6. The fraction of sp³-hybridized carbons (Fsp3) is 0.333. The number of fused-ring (bicyclic) bond motifs is 3. The van der Waals surface area contributed by atoms with Gasteiger partial charge in [0.1, 0.15) is 5.58 Å². The predicted molar refractivity (Wildman–Crippen MR) is 103 cm³/mol. The van der Waals surface area contributed by atoms with E-state index in [1.807, 2.05) is 57.2 Å². The Morgan fingerprint density at radius 1 is 1.12 bits per heavy atom. The van der Waals surface area contributed by atoms with Crippen LogP contribution in [0.25, 0.3) is 21.7 Å². The van der Waals surface area contributed by atoms with E-state index < -0.39 is 0 Å². The van der Waals surface area contributed by atoms with Crippen LogP contribution in [0.5, 0.6) is 0 Å². The van der Waals surface area contributed by atoms with Crippen molar-refractivity contribution in [2.24, 2.45) is 0 Å². The molecular formula is C21H24N2O3. The Labute approximate surface area is 153 Å². The van der Waals surface area contributed by atoms with Crippen molar-refractivity contribution in [1.29, 1.82) is 0 Å². The topological polar surface area (TPSA) is 62.6 Å². The Kier molecular flexibility index (Phi) is 4.72. The molecule has 0 aliphatic carbocycles. The second-order valence-corrected chi connectivity index (χ2v) is 7.65. The number of benzene rings is 2. The van der Waals surface area contributed by atoms with Crippen molar-refractivity contribution in [3.05, 3.63) is 48.2 Å². The number of carbonyl (C=O) groups is 2. The van der Waals surface area contributed by atoms with E-state index in [1.165, 1.54) is 4.90 Å². The number of rotatable bonds is 4. The van der Waals surface area contributed by atoms with Gasteiger partial charge in [0.2, 0.25) is 11.8 Å². The van der Waals surface area contributed by atoms with E-state index in [0.29, 0.717) is 0 Å². The molecule has 1 aromatic heterocycles. The van der Waals surface area contributed by atoms with E-state index in [0.717, 1.165) is 27.3 Å². The molecule has 0 fully saturated rings. The molecule has 136 valence electrons. The molecular weight excluding hydrogens is 328 g/mol. The zero-order valence-electron chi connectivity index (χ0n) is 15.6. The molecule has 26 heavy (non-hydrogen) atoms. The van der Waals surface area contributed by atoms with Crippen LogP contribution in [-0.2, 0) is 16.0 Å². The first-order valence-corrected chi connectivity index (χ1v) is 8.67. The van der Waals surface area contributed by atoms with Crippen molar-refractivity contribution in [2.75, 3.05) is 13.6 Å². The minimum Gasteiger partial charge on any atom is -0.464 e. The van der Waals surface area contributed by atoms with Gasteiger partial charge in [0.15, 0.2) is 0 Å². The van der Waals surface area contributed by atoms with Crippen LogP contribution < -0.4 is 5.32 Å². The number of nitrogens with one attached hydrogen (secondary N) is 1. The molecule has 0 unspecified atom stereocenters. The Bertz CT molecular complexity index is 966. The summed E-state index contributed by atoms with van der Waals surface area (Å²) in [4.78, 5) is 26.1. The highest BCUT2D eigenvalue weighted by molar-refractivity contribution is 6.08. The second-order valence-electron chi connectivity index (χ2n) is 7.65. The SMILES string of the molecule is CN(CC(=O)NC(C)(C)C)C(=O)Cc1coc2ccc3ccccc3c12. The fourth-order valence-corrected chi connectivity index (χ4v) is 3.06. The summed E-state index contributed by atoms with van der Waals surface area (Å²) in [6.07, 6.45) is 1.83. The number of carbonyl (C=O) groups excluding carboxylic acids is 2. The molecule has 0 spiro atoms. The number of nitrogens with zero attached hydrogens (tertiary/aromatic N) is 1. The zero-order valence-corrected chi connectivity index (χ0v) is 15.6. The van der Waals surface area contributed by atoms with Crippen LogP contribution in [0.4, 0.5) is 0 Å². The van der Waals surface area contributed by atoms with Gasteiger partial charge in [-0.3, -0.25) is 9.59 Å². The Morgan fingerprint density at radius 3 is 2.58 bits per heavy atom. The van der Waals surface area contributed by atoms with Crippen LogP contribution in [0, 0.1) is 0 Å². The van der Waals surface area contributed by atoms with Gasteiger partial charge in [0.25, 0.3) is 0 Å². The third-order valence-electron chi connectivity index (χ3n) is 4.20. The summed E-state index contributed by atoms with van der Waals surface area (Å²) in [5, 5.41) is 6.00. The number of hydrogen-bond acceptors (Lipinski definition) is 3. The van der Waals surface area contributed by atoms with Crippen molar-refractivity contribution < 1.29 is 14.0 Å². The maximum atomic E-state index is 12.6. The standard InChI is InChI=1S/C21H24N2O3/c1-21(2,3)22-18(24)12-23(4)19(25)11-15-13-26-17-10-9-14-7-5-6-8-16(14)20(15)17/h5-10,13H,11-12H2,1-4H3,(H,22,24). The van der Waals surface area contributed by atoms with Crippen molar-refractivity contribution in [3.8, 4) is 0 Å². The smallest absolute Gasteiger partial charge is 0.240 e. The van der Waals surface area contributed by atoms with Crippen LogP contribution in [0.3, 0.4) is 0 Å². The summed E-state index contributed by atoms with van der Waals surface area (Å²) in [5.41, 5.74) is 1.28. The molecule has 1 heterocycles. The van der Waals surface area contributed by atoms with Gasteiger partial charge in [-0.2, -0.15) is 0 Å². The third-order valence-corrected chi connectivity index (χ3v) is 4.20. The fourth-order valence-electron chi connectivity index (χ4n) is 3.06. The highest BCUT2D eigenvalue weighted by Crippen LogP contribution is 2.30. The van der Waals surface area contributed by atoms with Crippen molar-refractivity contribution in [2.45, 2.75) is 32.7 Å². The van der Waals surface area contributed by atoms with Gasteiger partial charge >= 0.3 is 0 Å². The van der Waals surface area contributed by atoms with Gasteiger partial charge in [-0.15, -0.1) is 0 Å². The molecule has 0 saturated carbocycles. The summed E-state index contributed by atoms with van der Waals surface area (Å²) in [7, 11) is 1.64. The molecule has 5 heteroatoms. The third kappa shape index (κ3) is 3.87. The van der Waals surface area contributed by atoms with Gasteiger partial charge in [-0.1, -0.05) is 30.3 Å². The lowest BCUT2D eigenvalue weighted by Gasteiger charge is -2.23. The average molecular weight is 352 g/mol. The highest BCUT2D eigenvalue weighted by Gasteiger charge is 2.19. The van der Waals surface area contributed by atoms with Crippen LogP contribution >= 0.6 is 0 Å². The van der Waals surface area contributed by atoms with E-state index in [9.17, 15) is 9.59 Å². The summed E-state index contributed by atoms with van der Waals surface area (Å²) >= 11 is 0. The average Bonchev–Trinajstić information content (AvgIpc) is 2.96. The lowest BCUT2D eigenvalue weighted by molar-refractivity contribution is -0.134. The lowest BCUT2D eigenvalue weighted by Crippen LogP contribution is -2.46. The van der Waals surface area contributed by atoms with Crippen LogP contribution in [-0.4, -0.2) is 35.8 Å². The highest BCUT2D eigenvalue weighted by atomic mass is 16.3. The second kappa shape index (κ2) is 6.83. The van der Waals surface area contributed by atoms with Gasteiger partial charge in [0.05, 0.1) is 19.2 Å². The molecule has 3 aromatic rings. The molecule has 2 aromatic carbocycles. The monoisotopic (exact) mass is 352 g/mol. The molecule has 5 nitrogen and oxygen atoms in total. The first-order chi connectivity index (χ1) is 12.2. The van der Waals surface area contributed by atoms with Gasteiger partial charge < -0.3 is 14.6 Å². The summed E-state index contributed by atoms with van der Waals surface area (Å²) < 4.78 is 5.63. The minimum atomic E-state index is -0.319. The van der Waals surface area contributed by atoms with E-state index in [4.69, 9.17) is 4.42 Å². The maximum Gasteiger partial charge on any atom is 0.240 e. The molecule has 0 aliphatic heterocycles. The van der Waals surface area contributed by atoms with Crippen LogP contribution in [0.1, 0.15) is 26.3 Å². The van der Waals surface area contributed by atoms with E-state index in [-0.39, 0.29) is 30.3 Å². The van der Waals surface area contributed by atoms with Crippen molar-refractivity contribution in [1.82, 2.24) is 10.2 Å². The quantitative estimate of drug-likeness (QED) is 0.782. The van der Waals surface area contributed by atoms with Gasteiger partial charge in [-0.25, -0.2) is 0 Å². The first kappa shape index (κ1) is 18.0. The largest absolute Gasteiger partial charge is 0.464 e. The lowest BCUT2D eigenvalue weighted by atomic mass is 10.0. The van der Waals surface area contributed by atoms with Crippen LogP contribution in [0.2, 0.25) is 0 Å². The molecule has 1 N–H and O–H groups in total. The number of likely N-dealkylation sites (N-methyl/N-ethyl adjacent to an activating group) is 1. The molecule has 0 atom stereocenters. The van der Waals surface area contributed by atoms with Gasteiger partial charge in [0, 0.05) is 23.5 Å². The Hall–Kier alpha value is -2.82. The zero-order chi connectivity index (χ0) is 18.9. The Balaban J connectivity index is 1.79. The van der Waals surface area contributed by atoms with E-state index in [1.54, 1.807) is 13.3 Å². The van der Waals surface area contributed by atoms with Crippen LogP contribution in [0.15, 0.2) is 47.1 Å². The van der Waals surface area contributed by atoms with Crippen molar-refractivity contribution >= 4 is 33.6 Å². The van der Waals surface area contributed by atoms with E-state index >= 15 is 0 Å². The summed E-state index contributed by atoms with van der Waals surface area (Å²) in [6.45, 7) is 5.77.